The van der Waals surface area contributed by atoms with E-state index < -0.39 is 12.0 Å². The Labute approximate surface area is 258 Å². The van der Waals surface area contributed by atoms with Gasteiger partial charge in [-0.3, -0.25) is 14.2 Å². The molecule has 0 radical (unpaired) electrons. The largest absolute Gasteiger partial charge is 0.496 e. The molecule has 212 valence electrons. The lowest BCUT2D eigenvalue weighted by Gasteiger charge is -2.26. The van der Waals surface area contributed by atoms with Crippen LogP contribution in [0.3, 0.4) is 0 Å². The summed E-state index contributed by atoms with van der Waals surface area (Å²) >= 11 is 9.30. The fourth-order valence-corrected chi connectivity index (χ4v) is 7.10. The van der Waals surface area contributed by atoms with Crippen LogP contribution in [0.25, 0.3) is 6.08 Å². The second-order valence-corrected chi connectivity index (χ2v) is 12.5. The quantitative estimate of drug-likeness (QED) is 0.219. The summed E-state index contributed by atoms with van der Waals surface area (Å²) in [5.74, 6) is 0.343. The van der Waals surface area contributed by atoms with Crippen LogP contribution >= 0.6 is 55.0 Å². The van der Waals surface area contributed by atoms with Crippen molar-refractivity contribution in [2.75, 3.05) is 13.7 Å². The van der Waals surface area contributed by atoms with Gasteiger partial charge >= 0.3 is 5.97 Å². The molecule has 0 amide bonds. The molecular weight excluding hydrogens is 700 g/mol. The van der Waals surface area contributed by atoms with Crippen molar-refractivity contribution >= 4 is 67.0 Å². The molecule has 0 unspecified atom stereocenters. The van der Waals surface area contributed by atoms with Gasteiger partial charge in [0.1, 0.15) is 17.6 Å². The number of aromatic amines is 1. The average Bonchev–Trinajstić information content (AvgIpc) is 3.40. The number of methoxy groups -OCH3 is 1. The van der Waals surface area contributed by atoms with Crippen LogP contribution in [0, 0.1) is 6.92 Å². The van der Waals surface area contributed by atoms with Gasteiger partial charge in [-0.25, -0.2) is 14.8 Å². The van der Waals surface area contributed by atoms with Gasteiger partial charge in [-0.15, -0.1) is 0 Å². The van der Waals surface area contributed by atoms with Crippen molar-refractivity contribution < 1.29 is 18.7 Å². The Kier molecular flexibility index (Phi) is 8.55. The third-order valence-electron chi connectivity index (χ3n) is 5.99. The molecule has 0 aliphatic carbocycles. The summed E-state index contributed by atoms with van der Waals surface area (Å²) in [6.07, 6.45) is 1.61. The molecule has 4 aromatic rings. The molecule has 1 aliphatic rings. The molecule has 10 nitrogen and oxygen atoms in total. The van der Waals surface area contributed by atoms with Gasteiger partial charge in [0.05, 0.1) is 34.0 Å². The van der Waals surface area contributed by atoms with E-state index in [-0.39, 0.29) is 23.3 Å². The Morgan fingerprint density at radius 2 is 2.02 bits per heavy atom. The van der Waals surface area contributed by atoms with Gasteiger partial charge in [0.2, 0.25) is 0 Å². The van der Waals surface area contributed by atoms with Gasteiger partial charge in [0.25, 0.3) is 11.1 Å². The first-order valence-corrected chi connectivity index (χ1v) is 15.4. The van der Waals surface area contributed by atoms with E-state index >= 15 is 0 Å². The first kappa shape index (κ1) is 29.3. The Balaban J connectivity index is 1.64. The number of thiazole rings is 1. The number of furan rings is 1. The zero-order chi connectivity index (χ0) is 29.4. The predicted molar refractivity (Wildman–Crippen MR) is 161 cm³/mol. The van der Waals surface area contributed by atoms with Crippen LogP contribution in [0.15, 0.2) is 79.8 Å². The van der Waals surface area contributed by atoms with Crippen LogP contribution in [0.1, 0.15) is 36.9 Å². The first-order valence-electron chi connectivity index (χ1n) is 12.2. The summed E-state index contributed by atoms with van der Waals surface area (Å²) in [4.78, 5) is 50.9. The average molecular weight is 722 g/mol. The first-order chi connectivity index (χ1) is 19.6. The van der Waals surface area contributed by atoms with E-state index in [4.69, 9.17) is 13.9 Å². The third-order valence-corrected chi connectivity index (χ3v) is 9.19. The molecule has 5 rings (SSSR count). The summed E-state index contributed by atoms with van der Waals surface area (Å²) in [6.45, 7) is 5.34. The standard InChI is InChI=1S/C27H22Br2N4O6S2/c1-5-38-24(36)21-13(3)31-27-33(22(21)16-9-14(28)6-7-18(16)37-4)23(35)19(40-27)11-15-10-17(29)25(39-15)41-26-30-12(2)8-20(34)32-26/h6-11,22H,5H2,1-4H3,(H,30,32,34)/b19-11-/t22-/m0/s1. The van der Waals surface area contributed by atoms with Crippen LogP contribution in [0.5, 0.6) is 5.75 Å². The zero-order valence-corrected chi connectivity index (χ0v) is 26.9. The van der Waals surface area contributed by atoms with Crippen LogP contribution < -0.4 is 25.2 Å². The fourth-order valence-electron chi connectivity index (χ4n) is 4.33. The van der Waals surface area contributed by atoms with E-state index in [1.165, 1.54) is 29.1 Å². The van der Waals surface area contributed by atoms with Crippen molar-refractivity contribution in [3.05, 3.63) is 97.6 Å². The molecule has 0 spiro atoms. The number of esters is 1. The number of benzene rings is 1. The van der Waals surface area contributed by atoms with Gasteiger partial charge in [-0.2, -0.15) is 0 Å². The van der Waals surface area contributed by atoms with Crippen molar-refractivity contribution in [3.63, 3.8) is 0 Å². The number of nitrogens with zero attached hydrogens (tertiary/aromatic N) is 3. The van der Waals surface area contributed by atoms with Crippen LogP contribution in [0.2, 0.25) is 0 Å². The second-order valence-electron chi connectivity index (χ2n) is 8.77. The Bertz CT molecular complexity index is 1960. The molecule has 0 saturated carbocycles. The fraction of sp³-hybridized carbons (Fsp3) is 0.222. The summed E-state index contributed by atoms with van der Waals surface area (Å²) in [5.41, 5.74) is 1.25. The maximum Gasteiger partial charge on any atom is 0.338 e. The van der Waals surface area contributed by atoms with Crippen molar-refractivity contribution in [2.24, 2.45) is 4.99 Å². The van der Waals surface area contributed by atoms with E-state index in [2.05, 4.69) is 46.8 Å². The molecule has 1 aromatic carbocycles. The summed E-state index contributed by atoms with van der Waals surface area (Å²) in [6, 6.07) is 7.69. The SMILES string of the molecule is CCOC(=O)C1=C(C)N=c2s/c(=C\c3cc(Br)c(Sc4nc(C)cc(=O)[nH]4)o3)c(=O)n2[C@H]1c1cc(Br)ccc1OC. The van der Waals surface area contributed by atoms with Gasteiger partial charge in [0, 0.05) is 27.9 Å². The number of rotatable bonds is 7. The Morgan fingerprint density at radius 3 is 2.73 bits per heavy atom. The number of hydrogen-bond donors (Lipinski definition) is 1. The zero-order valence-electron chi connectivity index (χ0n) is 22.1. The van der Waals surface area contributed by atoms with Gasteiger partial charge in [-0.05, 0) is 72.7 Å². The lowest BCUT2D eigenvalue weighted by Crippen LogP contribution is -2.40. The summed E-state index contributed by atoms with van der Waals surface area (Å²) in [7, 11) is 1.53. The summed E-state index contributed by atoms with van der Waals surface area (Å²) in [5, 5.41) is 0.830. The van der Waals surface area contributed by atoms with Crippen LogP contribution in [0.4, 0.5) is 0 Å². The molecule has 14 heteroatoms. The minimum absolute atomic E-state index is 0.169. The number of carbonyl (C=O) groups excluding carboxylic acids is 1. The molecule has 0 fully saturated rings. The smallest absolute Gasteiger partial charge is 0.338 e. The van der Waals surface area contributed by atoms with E-state index in [9.17, 15) is 14.4 Å². The Hall–Kier alpha value is -3.20. The lowest BCUT2D eigenvalue weighted by molar-refractivity contribution is -0.139. The maximum absolute atomic E-state index is 13.9. The van der Waals surface area contributed by atoms with Crippen molar-refractivity contribution in [3.8, 4) is 5.75 Å². The van der Waals surface area contributed by atoms with Gasteiger partial charge in [0.15, 0.2) is 15.1 Å². The number of allylic oxidation sites excluding steroid dienone is 1. The molecule has 1 aliphatic heterocycles. The number of carbonyl (C=O) groups is 1. The highest BCUT2D eigenvalue weighted by Crippen LogP contribution is 2.38. The number of aromatic nitrogens is 3. The molecule has 0 bridgehead atoms. The van der Waals surface area contributed by atoms with Gasteiger partial charge < -0.3 is 18.9 Å². The second kappa shape index (κ2) is 12.0. The number of aryl methyl sites for hydroxylation is 1. The summed E-state index contributed by atoms with van der Waals surface area (Å²) < 4.78 is 20.2. The van der Waals surface area contributed by atoms with Gasteiger partial charge in [-0.1, -0.05) is 27.3 Å². The topological polar surface area (TPSA) is 129 Å². The minimum Gasteiger partial charge on any atom is -0.496 e. The number of halogens is 2. The molecule has 1 N–H and O–H groups in total. The van der Waals surface area contributed by atoms with Crippen LogP contribution in [-0.4, -0.2) is 34.2 Å². The molecule has 4 heterocycles. The predicted octanol–water partition coefficient (Wildman–Crippen LogP) is 4.47. The van der Waals surface area contributed by atoms with Crippen molar-refractivity contribution in [2.45, 2.75) is 37.1 Å². The molecular formula is C27H22Br2N4O6S2. The number of nitrogens with one attached hydrogen (secondary N) is 1. The van der Waals surface area contributed by atoms with E-state index in [0.29, 0.717) is 52.5 Å². The monoisotopic (exact) mass is 720 g/mol. The van der Waals surface area contributed by atoms with Crippen LogP contribution in [-0.2, 0) is 9.53 Å². The number of H-pyrrole nitrogens is 1. The highest BCUT2D eigenvalue weighted by Gasteiger charge is 2.35. The highest BCUT2D eigenvalue weighted by atomic mass is 79.9. The minimum atomic E-state index is -0.835. The van der Waals surface area contributed by atoms with E-state index in [0.717, 1.165) is 16.2 Å². The number of ether oxygens (including phenoxy) is 2. The third kappa shape index (κ3) is 5.92. The maximum atomic E-state index is 13.9. The number of fused-ring (bicyclic) bond motifs is 1. The van der Waals surface area contributed by atoms with Crippen molar-refractivity contribution in [1.82, 2.24) is 14.5 Å². The molecule has 3 aromatic heterocycles. The molecule has 0 saturated heterocycles. The molecule has 1 atom stereocenters. The normalized spacial score (nSPS) is 15.1. The Morgan fingerprint density at radius 1 is 1.24 bits per heavy atom. The lowest BCUT2D eigenvalue weighted by atomic mass is 9.95. The highest BCUT2D eigenvalue weighted by molar-refractivity contribution is 9.10. The van der Waals surface area contributed by atoms with Crippen molar-refractivity contribution in [1.29, 1.82) is 0 Å². The van der Waals surface area contributed by atoms with E-state index in [1.807, 2.05) is 12.1 Å². The number of hydrogen-bond acceptors (Lipinski definition) is 10. The van der Waals surface area contributed by atoms with E-state index in [1.54, 1.807) is 39.0 Å². The molecule has 41 heavy (non-hydrogen) atoms.